The number of nitrogens with zero attached hydrogens (tertiary/aromatic N) is 2. The second kappa shape index (κ2) is 4.15. The van der Waals surface area contributed by atoms with E-state index in [2.05, 4.69) is 29.2 Å². The Labute approximate surface area is 122 Å². The molecule has 0 bridgehead atoms. The van der Waals surface area contributed by atoms with Crippen LogP contribution in [0.1, 0.15) is 36.6 Å². The van der Waals surface area contributed by atoms with Crippen molar-refractivity contribution in [3.05, 3.63) is 38.7 Å². The van der Waals surface area contributed by atoms with Crippen LogP contribution in [0.4, 0.5) is 0 Å². The molecule has 0 unspecified atom stereocenters. The van der Waals surface area contributed by atoms with Crippen LogP contribution in [-0.2, 0) is 0 Å². The lowest BCUT2D eigenvalue weighted by molar-refractivity contribution is 0.322. The Balaban J connectivity index is 1.53. The Hall–Kier alpha value is -1.19. The largest absolute Gasteiger partial charge is 0.300 e. The molecule has 0 saturated carbocycles. The Morgan fingerprint density at radius 1 is 1.35 bits per heavy atom. The zero-order valence-corrected chi connectivity index (χ0v) is 12.3. The molecule has 2 aliphatic heterocycles. The zero-order valence-electron chi connectivity index (χ0n) is 11.5. The molecule has 0 spiro atoms. The molecule has 0 aromatic carbocycles. The first-order valence-electron chi connectivity index (χ1n) is 7.71. The fraction of sp³-hybridized carbons (Fsp3) is 0.471. The maximum absolute atomic E-state index is 5.03. The Bertz CT molecular complexity index is 740. The summed E-state index contributed by atoms with van der Waals surface area (Å²) in [5.41, 5.74) is 2.84. The van der Waals surface area contributed by atoms with Gasteiger partial charge in [-0.3, -0.25) is 4.90 Å². The number of rotatable bonds is 1. The SMILES string of the molecule is C1=CCC2=c3nc([C@H]4C[C@H]5CCCN5C4)sc3=CC2=C1. The van der Waals surface area contributed by atoms with Crippen molar-refractivity contribution in [2.45, 2.75) is 37.6 Å². The smallest absolute Gasteiger partial charge is 0.0983 e. The Morgan fingerprint density at radius 2 is 2.35 bits per heavy atom. The summed E-state index contributed by atoms with van der Waals surface area (Å²) in [5.74, 6) is 0.691. The molecule has 2 atom stereocenters. The monoisotopic (exact) mass is 282 g/mol. The van der Waals surface area contributed by atoms with Crippen molar-refractivity contribution in [2.75, 3.05) is 13.1 Å². The van der Waals surface area contributed by atoms with E-state index in [-0.39, 0.29) is 0 Å². The van der Waals surface area contributed by atoms with E-state index in [9.17, 15) is 0 Å². The van der Waals surface area contributed by atoms with Crippen molar-refractivity contribution in [1.29, 1.82) is 0 Å². The molecule has 0 N–H and O–H groups in total. The van der Waals surface area contributed by atoms with E-state index in [1.807, 2.05) is 11.3 Å². The quantitative estimate of drug-likeness (QED) is 0.782. The molecule has 2 nitrogen and oxygen atoms in total. The summed E-state index contributed by atoms with van der Waals surface area (Å²) in [4.78, 5) is 7.72. The second-order valence-corrected chi connectivity index (χ2v) is 7.43. The molecule has 5 rings (SSSR count). The average molecular weight is 282 g/mol. The lowest BCUT2D eigenvalue weighted by Crippen LogP contribution is -2.22. The summed E-state index contributed by atoms with van der Waals surface area (Å²) in [6.45, 7) is 2.56. The van der Waals surface area contributed by atoms with Gasteiger partial charge < -0.3 is 0 Å². The minimum atomic E-state index is 0.691. The molecule has 1 aromatic heterocycles. The highest BCUT2D eigenvalue weighted by atomic mass is 32.1. The molecule has 2 aliphatic carbocycles. The average Bonchev–Trinajstić information content (AvgIpc) is 3.16. The Morgan fingerprint density at radius 3 is 3.30 bits per heavy atom. The third-order valence-corrected chi connectivity index (χ3v) is 6.35. The zero-order chi connectivity index (χ0) is 13.1. The van der Waals surface area contributed by atoms with E-state index < -0.39 is 0 Å². The van der Waals surface area contributed by atoms with Gasteiger partial charge in [-0.15, -0.1) is 11.3 Å². The van der Waals surface area contributed by atoms with Crippen LogP contribution >= 0.6 is 11.3 Å². The van der Waals surface area contributed by atoms with Crippen molar-refractivity contribution in [3.8, 4) is 0 Å². The molecule has 1 aromatic rings. The molecule has 3 heteroatoms. The van der Waals surface area contributed by atoms with Gasteiger partial charge >= 0.3 is 0 Å². The van der Waals surface area contributed by atoms with E-state index in [1.54, 1.807) is 0 Å². The summed E-state index contributed by atoms with van der Waals surface area (Å²) in [7, 11) is 0. The van der Waals surface area contributed by atoms with Gasteiger partial charge in [-0.05, 0) is 49.5 Å². The van der Waals surface area contributed by atoms with E-state index in [0.29, 0.717) is 5.92 Å². The first-order valence-corrected chi connectivity index (χ1v) is 8.53. The fourth-order valence-corrected chi connectivity index (χ4v) is 5.34. The minimum absolute atomic E-state index is 0.691. The molecule has 102 valence electrons. The molecule has 3 heterocycles. The van der Waals surface area contributed by atoms with Crippen LogP contribution in [0, 0.1) is 0 Å². The van der Waals surface area contributed by atoms with Crippen molar-refractivity contribution >= 4 is 23.0 Å². The summed E-state index contributed by atoms with van der Waals surface area (Å²) in [6, 6.07) is 0.850. The minimum Gasteiger partial charge on any atom is -0.300 e. The topological polar surface area (TPSA) is 16.1 Å². The summed E-state index contributed by atoms with van der Waals surface area (Å²) >= 11 is 1.94. The number of allylic oxidation sites excluding steroid dienone is 4. The summed E-state index contributed by atoms with van der Waals surface area (Å²) in [5, 5.41) is 2.68. The van der Waals surface area contributed by atoms with Crippen molar-refractivity contribution in [2.24, 2.45) is 0 Å². The van der Waals surface area contributed by atoms with E-state index in [4.69, 9.17) is 4.98 Å². The van der Waals surface area contributed by atoms with Crippen molar-refractivity contribution in [3.63, 3.8) is 0 Å². The van der Waals surface area contributed by atoms with Crippen LogP contribution in [0.3, 0.4) is 0 Å². The molecule has 0 amide bonds. The number of fused-ring (bicyclic) bond motifs is 3. The van der Waals surface area contributed by atoms with Gasteiger partial charge in [0.05, 0.1) is 14.9 Å². The van der Waals surface area contributed by atoms with Crippen LogP contribution in [0.2, 0.25) is 0 Å². The lowest BCUT2D eigenvalue weighted by Gasteiger charge is -2.12. The maximum Gasteiger partial charge on any atom is 0.0983 e. The third-order valence-electron chi connectivity index (χ3n) is 5.18. The predicted octanol–water partition coefficient (Wildman–Crippen LogP) is 1.93. The van der Waals surface area contributed by atoms with Crippen LogP contribution < -0.4 is 9.88 Å². The maximum atomic E-state index is 5.03. The predicted molar refractivity (Wildman–Crippen MR) is 83.0 cm³/mol. The van der Waals surface area contributed by atoms with Gasteiger partial charge in [0.2, 0.25) is 0 Å². The Kier molecular flexibility index (Phi) is 2.38. The molecular formula is C17H18N2S. The molecule has 2 fully saturated rings. The summed E-state index contributed by atoms with van der Waals surface area (Å²) < 4.78 is 1.40. The van der Waals surface area contributed by atoms with E-state index in [0.717, 1.165) is 12.5 Å². The highest BCUT2D eigenvalue weighted by Crippen LogP contribution is 2.37. The van der Waals surface area contributed by atoms with Crippen LogP contribution in [-0.4, -0.2) is 29.0 Å². The van der Waals surface area contributed by atoms with E-state index in [1.165, 1.54) is 58.4 Å². The van der Waals surface area contributed by atoms with Gasteiger partial charge in [-0.2, -0.15) is 0 Å². The van der Waals surface area contributed by atoms with Crippen molar-refractivity contribution < 1.29 is 0 Å². The fourth-order valence-electron chi connectivity index (χ4n) is 4.19. The highest BCUT2D eigenvalue weighted by Gasteiger charge is 2.37. The lowest BCUT2D eigenvalue weighted by atomic mass is 10.0. The highest BCUT2D eigenvalue weighted by molar-refractivity contribution is 7.09. The van der Waals surface area contributed by atoms with Gasteiger partial charge in [-0.1, -0.05) is 18.2 Å². The molecule has 4 aliphatic rings. The third kappa shape index (κ3) is 1.57. The molecule has 0 radical (unpaired) electrons. The van der Waals surface area contributed by atoms with Crippen LogP contribution in [0.25, 0.3) is 11.6 Å². The van der Waals surface area contributed by atoms with Gasteiger partial charge in [-0.25, -0.2) is 4.98 Å². The molecule has 2 saturated heterocycles. The second-order valence-electron chi connectivity index (χ2n) is 6.37. The summed E-state index contributed by atoms with van der Waals surface area (Å²) in [6.07, 6.45) is 14.2. The van der Waals surface area contributed by atoms with Gasteiger partial charge in [0, 0.05) is 18.5 Å². The van der Waals surface area contributed by atoms with E-state index >= 15 is 0 Å². The van der Waals surface area contributed by atoms with Crippen LogP contribution in [0.5, 0.6) is 0 Å². The number of thiazole rings is 1. The number of aromatic nitrogens is 1. The first-order chi connectivity index (χ1) is 9.88. The van der Waals surface area contributed by atoms with Gasteiger partial charge in [0.15, 0.2) is 0 Å². The normalized spacial score (nSPS) is 31.0. The first kappa shape index (κ1) is 11.5. The van der Waals surface area contributed by atoms with Gasteiger partial charge in [0.1, 0.15) is 0 Å². The number of hydrogen-bond donors (Lipinski definition) is 0. The van der Waals surface area contributed by atoms with Gasteiger partial charge in [0.25, 0.3) is 0 Å². The van der Waals surface area contributed by atoms with Crippen molar-refractivity contribution in [1.82, 2.24) is 9.88 Å². The number of hydrogen-bond acceptors (Lipinski definition) is 3. The standard InChI is InChI=1S/C17H18N2S/c1-2-6-14-11(4-1)9-15-16(14)18-17(20-15)12-8-13-5-3-7-19(13)10-12/h1-2,4,9,12-13H,3,5-8,10H2/t12-,13+/m0/s1. The molecule has 20 heavy (non-hydrogen) atoms. The van der Waals surface area contributed by atoms with Crippen LogP contribution in [0.15, 0.2) is 23.8 Å². The molecular weight excluding hydrogens is 264 g/mol.